The molecule has 3 aromatic rings. The van der Waals surface area contributed by atoms with Gasteiger partial charge in [-0.2, -0.15) is 0 Å². The van der Waals surface area contributed by atoms with Gasteiger partial charge in [-0.3, -0.25) is 9.78 Å². The number of nitrogens with zero attached hydrogens (tertiary/aromatic N) is 2. The third kappa shape index (κ3) is 3.72. The lowest BCUT2D eigenvalue weighted by atomic mass is 10.1. The molecule has 1 fully saturated rings. The van der Waals surface area contributed by atoms with Gasteiger partial charge in [-0.25, -0.2) is 0 Å². The van der Waals surface area contributed by atoms with Crippen LogP contribution in [0.2, 0.25) is 10.0 Å². The van der Waals surface area contributed by atoms with Crippen molar-refractivity contribution in [2.75, 3.05) is 31.6 Å². The fourth-order valence-electron chi connectivity index (χ4n) is 3.10. The molecule has 1 saturated heterocycles. The van der Waals surface area contributed by atoms with Gasteiger partial charge in [-0.1, -0.05) is 41.4 Å². The van der Waals surface area contributed by atoms with Crippen molar-refractivity contribution in [1.29, 1.82) is 0 Å². The predicted molar refractivity (Wildman–Crippen MR) is 108 cm³/mol. The maximum Gasteiger partial charge on any atom is 0.257 e. The van der Waals surface area contributed by atoms with E-state index in [1.54, 1.807) is 29.3 Å². The number of hydrogen-bond acceptors (Lipinski definition) is 4. The Kier molecular flexibility index (Phi) is 5.16. The lowest BCUT2D eigenvalue weighted by Crippen LogP contribution is -2.41. The van der Waals surface area contributed by atoms with Gasteiger partial charge < -0.3 is 15.0 Å². The molecule has 27 heavy (non-hydrogen) atoms. The van der Waals surface area contributed by atoms with Crippen molar-refractivity contribution < 1.29 is 9.53 Å². The van der Waals surface area contributed by atoms with E-state index in [4.69, 9.17) is 27.9 Å². The quantitative estimate of drug-likeness (QED) is 0.687. The van der Waals surface area contributed by atoms with Crippen LogP contribution in [0.4, 0.5) is 11.4 Å². The van der Waals surface area contributed by atoms with E-state index in [-0.39, 0.29) is 5.91 Å². The van der Waals surface area contributed by atoms with Gasteiger partial charge in [0.1, 0.15) is 0 Å². The minimum Gasteiger partial charge on any atom is -0.378 e. The molecule has 1 aliphatic heterocycles. The number of ether oxygens (including phenoxy) is 1. The fraction of sp³-hybridized carbons (Fsp3) is 0.200. The first kappa shape index (κ1) is 18.0. The highest BCUT2D eigenvalue weighted by Gasteiger charge is 2.23. The highest BCUT2D eigenvalue weighted by molar-refractivity contribution is 6.36. The van der Waals surface area contributed by atoms with Gasteiger partial charge in [-0.05, 0) is 24.3 Å². The standard InChI is InChI=1S/C20H17Cl2N3O2/c21-13-5-6-18(16(22)11-13)24-19-14-3-1-2-4-17(14)23-12-15(19)20(26)25-7-9-27-10-8-25/h1-6,11-12H,7-10H2,(H,23,24). The number of benzene rings is 2. The zero-order valence-corrected chi connectivity index (χ0v) is 15.9. The molecular weight excluding hydrogens is 385 g/mol. The summed E-state index contributed by atoms with van der Waals surface area (Å²) in [4.78, 5) is 19.4. The van der Waals surface area contributed by atoms with Crippen molar-refractivity contribution in [2.24, 2.45) is 0 Å². The van der Waals surface area contributed by atoms with Crippen LogP contribution in [0.5, 0.6) is 0 Å². The average molecular weight is 402 g/mol. The molecular formula is C20H17Cl2N3O2. The van der Waals surface area contributed by atoms with Crippen molar-refractivity contribution in [3.05, 3.63) is 64.3 Å². The summed E-state index contributed by atoms with van der Waals surface area (Å²) in [6.45, 7) is 2.21. The molecule has 7 heteroatoms. The smallest absolute Gasteiger partial charge is 0.257 e. The van der Waals surface area contributed by atoms with E-state index >= 15 is 0 Å². The highest BCUT2D eigenvalue weighted by Crippen LogP contribution is 2.34. The lowest BCUT2D eigenvalue weighted by Gasteiger charge is -2.28. The van der Waals surface area contributed by atoms with Gasteiger partial charge >= 0.3 is 0 Å². The second-order valence-corrected chi connectivity index (χ2v) is 7.06. The summed E-state index contributed by atoms with van der Waals surface area (Å²) >= 11 is 12.3. The molecule has 0 bridgehead atoms. The van der Waals surface area contributed by atoms with Crippen LogP contribution in [0.25, 0.3) is 10.9 Å². The van der Waals surface area contributed by atoms with Gasteiger partial charge in [0.05, 0.1) is 40.7 Å². The molecule has 0 unspecified atom stereocenters. The molecule has 0 atom stereocenters. The monoisotopic (exact) mass is 401 g/mol. The maximum atomic E-state index is 13.1. The predicted octanol–water partition coefficient (Wildman–Crippen LogP) is 4.76. The van der Waals surface area contributed by atoms with Crippen LogP contribution in [0.15, 0.2) is 48.7 Å². The Morgan fingerprint density at radius 3 is 2.67 bits per heavy atom. The Hall–Kier alpha value is -2.34. The summed E-state index contributed by atoms with van der Waals surface area (Å²) in [6, 6.07) is 12.9. The Morgan fingerprint density at radius 2 is 1.89 bits per heavy atom. The Morgan fingerprint density at radius 1 is 1.11 bits per heavy atom. The molecule has 2 aromatic carbocycles. The van der Waals surface area contributed by atoms with Crippen molar-refractivity contribution in [1.82, 2.24) is 9.88 Å². The normalized spacial score (nSPS) is 14.4. The molecule has 4 rings (SSSR count). The van der Waals surface area contributed by atoms with Crippen LogP contribution in [-0.2, 0) is 4.74 Å². The average Bonchev–Trinajstić information content (AvgIpc) is 2.70. The summed E-state index contributed by atoms with van der Waals surface area (Å²) in [5.41, 5.74) is 2.65. The highest BCUT2D eigenvalue weighted by atomic mass is 35.5. The molecule has 0 saturated carbocycles. The van der Waals surface area contributed by atoms with Crippen LogP contribution in [0.1, 0.15) is 10.4 Å². The topological polar surface area (TPSA) is 54.5 Å². The summed E-state index contributed by atoms with van der Waals surface area (Å²) in [5.74, 6) is -0.0795. The number of carbonyl (C=O) groups excluding carboxylic acids is 1. The zero-order valence-electron chi connectivity index (χ0n) is 14.4. The molecule has 138 valence electrons. The number of halogens is 2. The lowest BCUT2D eigenvalue weighted by molar-refractivity contribution is 0.0303. The third-order valence-electron chi connectivity index (χ3n) is 4.49. The van der Waals surface area contributed by atoms with Gasteiger partial charge in [-0.15, -0.1) is 0 Å². The molecule has 1 amide bonds. The first-order chi connectivity index (χ1) is 13.1. The molecule has 1 aromatic heterocycles. The van der Waals surface area contributed by atoms with Gasteiger partial charge in [0, 0.05) is 29.7 Å². The molecule has 0 spiro atoms. The Bertz CT molecular complexity index is 1000. The summed E-state index contributed by atoms with van der Waals surface area (Å²) < 4.78 is 5.35. The number of morpholine rings is 1. The van der Waals surface area contributed by atoms with Crippen LogP contribution in [0, 0.1) is 0 Å². The number of para-hydroxylation sites is 1. The van der Waals surface area contributed by atoms with Crippen molar-refractivity contribution in [2.45, 2.75) is 0 Å². The summed E-state index contributed by atoms with van der Waals surface area (Å²) in [7, 11) is 0. The molecule has 5 nitrogen and oxygen atoms in total. The van der Waals surface area contributed by atoms with Gasteiger partial charge in [0.2, 0.25) is 0 Å². The van der Waals surface area contributed by atoms with E-state index in [0.29, 0.717) is 53.3 Å². The van der Waals surface area contributed by atoms with E-state index in [1.165, 1.54) is 0 Å². The van der Waals surface area contributed by atoms with E-state index in [1.807, 2.05) is 24.3 Å². The van der Waals surface area contributed by atoms with Crippen LogP contribution in [0.3, 0.4) is 0 Å². The number of rotatable bonds is 3. The second kappa shape index (κ2) is 7.72. The van der Waals surface area contributed by atoms with Crippen LogP contribution in [-0.4, -0.2) is 42.1 Å². The maximum absolute atomic E-state index is 13.1. The summed E-state index contributed by atoms with van der Waals surface area (Å²) in [5, 5.41) is 5.20. The van der Waals surface area contributed by atoms with Crippen LogP contribution < -0.4 is 5.32 Å². The van der Waals surface area contributed by atoms with Crippen LogP contribution >= 0.6 is 23.2 Å². The van der Waals surface area contributed by atoms with Crippen molar-refractivity contribution >= 4 is 51.4 Å². The molecule has 0 aliphatic carbocycles. The van der Waals surface area contributed by atoms with E-state index in [0.717, 1.165) is 10.9 Å². The van der Waals surface area contributed by atoms with E-state index in [9.17, 15) is 4.79 Å². The Balaban J connectivity index is 1.81. The minimum absolute atomic E-state index is 0.0795. The number of amides is 1. The molecule has 0 radical (unpaired) electrons. The first-order valence-corrected chi connectivity index (χ1v) is 9.36. The molecule has 2 heterocycles. The summed E-state index contributed by atoms with van der Waals surface area (Å²) in [6.07, 6.45) is 1.62. The van der Waals surface area contributed by atoms with Gasteiger partial charge in [0.15, 0.2) is 0 Å². The Labute approximate surface area is 166 Å². The van der Waals surface area contributed by atoms with Gasteiger partial charge in [0.25, 0.3) is 5.91 Å². The number of anilines is 2. The number of aromatic nitrogens is 1. The largest absolute Gasteiger partial charge is 0.378 e. The van der Waals surface area contributed by atoms with Crippen molar-refractivity contribution in [3.8, 4) is 0 Å². The number of hydrogen-bond donors (Lipinski definition) is 1. The van der Waals surface area contributed by atoms with E-state index in [2.05, 4.69) is 10.3 Å². The van der Waals surface area contributed by atoms with Crippen molar-refractivity contribution in [3.63, 3.8) is 0 Å². The fourth-order valence-corrected chi connectivity index (χ4v) is 3.56. The zero-order chi connectivity index (χ0) is 18.8. The third-order valence-corrected chi connectivity index (χ3v) is 5.04. The number of carbonyl (C=O) groups is 1. The van der Waals surface area contributed by atoms with E-state index < -0.39 is 0 Å². The molecule has 1 N–H and O–H groups in total. The molecule has 1 aliphatic rings. The second-order valence-electron chi connectivity index (χ2n) is 6.22. The number of pyridine rings is 1. The first-order valence-electron chi connectivity index (χ1n) is 8.60. The number of fused-ring (bicyclic) bond motifs is 1. The SMILES string of the molecule is O=C(c1cnc2ccccc2c1Nc1ccc(Cl)cc1Cl)N1CCOCC1. The minimum atomic E-state index is -0.0795. The number of nitrogens with one attached hydrogen (secondary N) is 1.